The van der Waals surface area contributed by atoms with Crippen LogP contribution < -0.4 is 5.73 Å². The van der Waals surface area contributed by atoms with E-state index >= 15 is 0 Å². The Morgan fingerprint density at radius 3 is 2.95 bits per heavy atom. The van der Waals surface area contributed by atoms with E-state index in [9.17, 15) is 0 Å². The summed E-state index contributed by atoms with van der Waals surface area (Å²) in [5, 5.41) is 4.64. The molecule has 20 heavy (non-hydrogen) atoms. The lowest BCUT2D eigenvalue weighted by Gasteiger charge is -1.98. The largest absolute Gasteiger partial charge is 0.397 e. The third-order valence-electron chi connectivity index (χ3n) is 2.80. The highest BCUT2D eigenvalue weighted by molar-refractivity contribution is 6.30. The van der Waals surface area contributed by atoms with Crippen molar-refractivity contribution < 1.29 is 4.52 Å². The van der Waals surface area contributed by atoms with Crippen molar-refractivity contribution in [1.82, 2.24) is 15.1 Å². The van der Waals surface area contributed by atoms with E-state index in [0.717, 1.165) is 5.56 Å². The Balaban J connectivity index is 1.86. The number of rotatable bonds is 3. The van der Waals surface area contributed by atoms with Gasteiger partial charge < -0.3 is 10.3 Å². The Morgan fingerprint density at radius 1 is 1.25 bits per heavy atom. The zero-order chi connectivity index (χ0) is 13.9. The second-order valence-corrected chi connectivity index (χ2v) is 4.72. The maximum absolute atomic E-state index is 5.95. The first-order valence-electron chi connectivity index (χ1n) is 5.99. The lowest BCUT2D eigenvalue weighted by Crippen LogP contribution is -1.92. The summed E-state index contributed by atoms with van der Waals surface area (Å²) < 4.78 is 5.23. The van der Waals surface area contributed by atoms with Gasteiger partial charge in [0.1, 0.15) is 0 Å². The number of halogens is 1. The molecule has 2 aromatic heterocycles. The Bertz CT molecular complexity index is 741. The summed E-state index contributed by atoms with van der Waals surface area (Å²) in [5.74, 6) is 0.973. The highest BCUT2D eigenvalue weighted by Gasteiger charge is 2.12. The second-order valence-electron chi connectivity index (χ2n) is 4.29. The normalized spacial score (nSPS) is 10.7. The van der Waals surface area contributed by atoms with Crippen molar-refractivity contribution in [2.75, 3.05) is 5.73 Å². The molecule has 6 heteroatoms. The number of nitrogen functional groups attached to an aromatic ring is 1. The molecule has 2 heterocycles. The van der Waals surface area contributed by atoms with Gasteiger partial charge in [-0.05, 0) is 23.8 Å². The Labute approximate surface area is 120 Å². The summed E-state index contributed by atoms with van der Waals surface area (Å²) in [6.45, 7) is 0. The Hall–Kier alpha value is -2.40. The molecule has 0 bridgehead atoms. The quantitative estimate of drug-likeness (QED) is 0.801. The van der Waals surface area contributed by atoms with Crippen LogP contribution in [0, 0.1) is 0 Å². The molecule has 0 unspecified atom stereocenters. The molecule has 3 rings (SSSR count). The van der Waals surface area contributed by atoms with E-state index in [-0.39, 0.29) is 0 Å². The van der Waals surface area contributed by atoms with Crippen molar-refractivity contribution in [3.8, 4) is 11.5 Å². The standard InChI is InChI=1S/C14H11ClN4O/c15-10-3-1-2-9(6-10)7-13-18-14(20-19-13)11-4-5-17-8-12(11)16/h1-6,8H,7,16H2. The van der Waals surface area contributed by atoms with Crippen LogP contribution in [0.15, 0.2) is 47.2 Å². The van der Waals surface area contributed by atoms with Gasteiger partial charge >= 0.3 is 0 Å². The molecule has 0 aliphatic carbocycles. The van der Waals surface area contributed by atoms with Gasteiger partial charge in [0.2, 0.25) is 0 Å². The summed E-state index contributed by atoms with van der Waals surface area (Å²) in [5.41, 5.74) is 8.04. The zero-order valence-corrected chi connectivity index (χ0v) is 11.2. The molecule has 0 aliphatic heterocycles. The molecular formula is C14H11ClN4O. The number of hydrogen-bond acceptors (Lipinski definition) is 5. The van der Waals surface area contributed by atoms with Gasteiger partial charge in [-0.1, -0.05) is 28.9 Å². The van der Waals surface area contributed by atoms with Crippen LogP contribution in [0.4, 0.5) is 5.69 Å². The minimum Gasteiger partial charge on any atom is -0.397 e. The molecule has 3 aromatic rings. The highest BCUT2D eigenvalue weighted by atomic mass is 35.5. The van der Waals surface area contributed by atoms with Crippen molar-refractivity contribution >= 4 is 17.3 Å². The number of benzene rings is 1. The molecule has 0 atom stereocenters. The van der Waals surface area contributed by atoms with E-state index in [1.165, 1.54) is 0 Å². The van der Waals surface area contributed by atoms with Crippen molar-refractivity contribution in [3.05, 3.63) is 59.1 Å². The minimum atomic E-state index is 0.391. The highest BCUT2D eigenvalue weighted by Crippen LogP contribution is 2.23. The van der Waals surface area contributed by atoms with Crippen molar-refractivity contribution in [3.63, 3.8) is 0 Å². The van der Waals surface area contributed by atoms with Crippen LogP contribution in [-0.2, 0) is 6.42 Å². The number of anilines is 1. The molecule has 0 fully saturated rings. The molecule has 0 amide bonds. The van der Waals surface area contributed by atoms with Crippen LogP contribution >= 0.6 is 11.6 Å². The fourth-order valence-electron chi connectivity index (χ4n) is 1.87. The monoisotopic (exact) mass is 286 g/mol. The summed E-state index contributed by atoms with van der Waals surface area (Å²) >= 11 is 5.95. The van der Waals surface area contributed by atoms with Crippen molar-refractivity contribution in [2.24, 2.45) is 0 Å². The number of pyridine rings is 1. The van der Waals surface area contributed by atoms with Gasteiger partial charge in [-0.25, -0.2) is 0 Å². The molecule has 5 nitrogen and oxygen atoms in total. The number of nitrogens with two attached hydrogens (primary N) is 1. The molecule has 0 aliphatic rings. The summed E-state index contributed by atoms with van der Waals surface area (Å²) in [4.78, 5) is 8.26. The lowest BCUT2D eigenvalue weighted by atomic mass is 10.1. The Morgan fingerprint density at radius 2 is 2.15 bits per heavy atom. The van der Waals surface area contributed by atoms with Gasteiger partial charge in [0, 0.05) is 17.6 Å². The van der Waals surface area contributed by atoms with Gasteiger partial charge in [-0.3, -0.25) is 4.98 Å². The summed E-state index contributed by atoms with van der Waals surface area (Å²) in [6.07, 6.45) is 3.73. The molecule has 0 saturated heterocycles. The summed E-state index contributed by atoms with van der Waals surface area (Å²) in [7, 11) is 0. The smallest absolute Gasteiger partial charge is 0.260 e. The lowest BCUT2D eigenvalue weighted by molar-refractivity contribution is 0.424. The SMILES string of the molecule is Nc1cnccc1-c1nc(Cc2cccc(Cl)c2)no1. The molecule has 0 radical (unpaired) electrons. The van der Waals surface area contributed by atoms with Crippen molar-refractivity contribution in [2.45, 2.75) is 6.42 Å². The first-order valence-corrected chi connectivity index (χ1v) is 6.37. The van der Waals surface area contributed by atoms with Gasteiger partial charge in [0.25, 0.3) is 5.89 Å². The molecule has 2 N–H and O–H groups in total. The average Bonchev–Trinajstić information content (AvgIpc) is 2.87. The van der Waals surface area contributed by atoms with Crippen LogP contribution in [0.2, 0.25) is 5.02 Å². The molecular weight excluding hydrogens is 276 g/mol. The molecule has 0 spiro atoms. The molecule has 1 aromatic carbocycles. The third kappa shape index (κ3) is 2.62. The number of hydrogen-bond donors (Lipinski definition) is 1. The third-order valence-corrected chi connectivity index (χ3v) is 3.04. The fraction of sp³-hybridized carbons (Fsp3) is 0.0714. The van der Waals surface area contributed by atoms with Crippen LogP contribution in [-0.4, -0.2) is 15.1 Å². The maximum atomic E-state index is 5.95. The van der Waals surface area contributed by atoms with E-state index in [1.54, 1.807) is 18.5 Å². The van der Waals surface area contributed by atoms with Gasteiger partial charge in [-0.2, -0.15) is 4.98 Å². The van der Waals surface area contributed by atoms with E-state index in [0.29, 0.717) is 34.4 Å². The van der Waals surface area contributed by atoms with E-state index in [4.69, 9.17) is 21.9 Å². The molecule has 100 valence electrons. The number of aromatic nitrogens is 3. The summed E-state index contributed by atoms with van der Waals surface area (Å²) in [6, 6.07) is 9.29. The van der Waals surface area contributed by atoms with Crippen LogP contribution in [0.25, 0.3) is 11.5 Å². The first kappa shape index (κ1) is 12.6. The van der Waals surface area contributed by atoms with E-state index in [1.807, 2.05) is 24.3 Å². The van der Waals surface area contributed by atoms with Crippen LogP contribution in [0.3, 0.4) is 0 Å². The van der Waals surface area contributed by atoms with Crippen LogP contribution in [0.1, 0.15) is 11.4 Å². The molecule has 0 saturated carbocycles. The van der Waals surface area contributed by atoms with E-state index < -0.39 is 0 Å². The second kappa shape index (κ2) is 5.30. The predicted molar refractivity (Wildman–Crippen MR) is 76.2 cm³/mol. The van der Waals surface area contributed by atoms with Gasteiger partial charge in [0.05, 0.1) is 17.4 Å². The maximum Gasteiger partial charge on any atom is 0.260 e. The van der Waals surface area contributed by atoms with E-state index in [2.05, 4.69) is 15.1 Å². The number of nitrogens with zero attached hydrogens (tertiary/aromatic N) is 3. The Kier molecular flexibility index (Phi) is 3.35. The van der Waals surface area contributed by atoms with Crippen molar-refractivity contribution in [1.29, 1.82) is 0 Å². The zero-order valence-electron chi connectivity index (χ0n) is 10.5. The van der Waals surface area contributed by atoms with Gasteiger partial charge in [-0.15, -0.1) is 0 Å². The topological polar surface area (TPSA) is 77.8 Å². The first-order chi connectivity index (χ1) is 9.72. The average molecular weight is 287 g/mol. The van der Waals surface area contributed by atoms with Gasteiger partial charge in [0.15, 0.2) is 5.82 Å². The predicted octanol–water partition coefficient (Wildman–Crippen LogP) is 2.96. The fourth-order valence-corrected chi connectivity index (χ4v) is 2.08. The van der Waals surface area contributed by atoms with Crippen LogP contribution in [0.5, 0.6) is 0 Å². The minimum absolute atomic E-state index is 0.391.